The molecule has 0 radical (unpaired) electrons. The third-order valence-corrected chi connectivity index (χ3v) is 4.34. The molecule has 2 aromatic carbocycles. The zero-order chi connectivity index (χ0) is 17.8. The van der Waals surface area contributed by atoms with E-state index in [1.54, 1.807) is 0 Å². The molecule has 2 heterocycles. The molecule has 0 aliphatic rings. The van der Waals surface area contributed by atoms with Crippen LogP contribution in [0.4, 0.5) is 5.82 Å². The first-order valence-electron chi connectivity index (χ1n) is 8.79. The van der Waals surface area contributed by atoms with Gasteiger partial charge in [-0.1, -0.05) is 66.7 Å². The summed E-state index contributed by atoms with van der Waals surface area (Å²) in [6.45, 7) is 2.85. The minimum absolute atomic E-state index is 0.759. The second-order valence-electron chi connectivity index (χ2n) is 6.36. The number of imidazole rings is 1. The molecule has 4 aromatic rings. The lowest BCUT2D eigenvalue weighted by atomic mass is 10.2. The molecule has 4 rings (SSSR count). The van der Waals surface area contributed by atoms with E-state index < -0.39 is 0 Å². The molecule has 0 saturated carbocycles. The Morgan fingerprint density at radius 2 is 1.65 bits per heavy atom. The predicted molar refractivity (Wildman–Crippen MR) is 109 cm³/mol. The van der Waals surface area contributed by atoms with E-state index in [9.17, 15) is 0 Å². The Labute approximate surface area is 153 Å². The van der Waals surface area contributed by atoms with E-state index in [4.69, 9.17) is 4.98 Å². The molecule has 3 nitrogen and oxygen atoms in total. The van der Waals surface area contributed by atoms with Crippen molar-refractivity contribution in [2.24, 2.45) is 0 Å². The topological polar surface area (TPSA) is 29.3 Å². The van der Waals surface area contributed by atoms with Gasteiger partial charge < -0.3 is 5.32 Å². The number of benzene rings is 2. The fraction of sp³-hybridized carbons (Fsp3) is 0.0870. The van der Waals surface area contributed by atoms with Gasteiger partial charge in [-0.2, -0.15) is 0 Å². The van der Waals surface area contributed by atoms with Crippen LogP contribution in [0.5, 0.6) is 0 Å². The van der Waals surface area contributed by atoms with E-state index in [2.05, 4.69) is 83.5 Å². The molecule has 0 spiro atoms. The summed E-state index contributed by atoms with van der Waals surface area (Å²) in [5.41, 5.74) is 5.50. The number of hydrogen-bond donors (Lipinski definition) is 1. The van der Waals surface area contributed by atoms with Crippen LogP contribution in [-0.4, -0.2) is 9.38 Å². The van der Waals surface area contributed by atoms with E-state index >= 15 is 0 Å². The lowest BCUT2D eigenvalue weighted by Gasteiger charge is -2.08. The van der Waals surface area contributed by atoms with E-state index in [1.165, 1.54) is 11.1 Å². The first-order chi connectivity index (χ1) is 12.8. The van der Waals surface area contributed by atoms with Crippen molar-refractivity contribution in [3.8, 4) is 0 Å². The zero-order valence-corrected chi connectivity index (χ0v) is 14.8. The summed E-state index contributed by atoms with van der Waals surface area (Å²) >= 11 is 0. The smallest absolute Gasteiger partial charge is 0.139 e. The number of aromatic nitrogens is 2. The van der Waals surface area contributed by atoms with Crippen LogP contribution in [0, 0.1) is 6.92 Å². The summed E-state index contributed by atoms with van der Waals surface area (Å²) in [6, 6.07) is 24.9. The second kappa shape index (κ2) is 7.28. The standard InChI is InChI=1S/C23H21N3/c1-18-14-15-26-22(16-18)25-21(13-12-19-8-4-2-5-9-19)23(26)24-17-20-10-6-3-7-11-20/h2-16,24H,17H2,1H3. The molecule has 0 unspecified atom stereocenters. The fourth-order valence-corrected chi connectivity index (χ4v) is 2.98. The number of rotatable bonds is 5. The van der Waals surface area contributed by atoms with Gasteiger partial charge in [0.1, 0.15) is 17.2 Å². The minimum atomic E-state index is 0.759. The zero-order valence-electron chi connectivity index (χ0n) is 14.8. The molecule has 3 heteroatoms. The molecule has 0 amide bonds. The highest BCUT2D eigenvalue weighted by molar-refractivity contribution is 5.76. The Balaban J connectivity index is 1.69. The van der Waals surface area contributed by atoms with Gasteiger partial charge in [0.2, 0.25) is 0 Å². The molecular formula is C23H21N3. The van der Waals surface area contributed by atoms with Crippen molar-refractivity contribution in [3.63, 3.8) is 0 Å². The second-order valence-corrected chi connectivity index (χ2v) is 6.36. The molecule has 0 aliphatic carbocycles. The van der Waals surface area contributed by atoms with Crippen molar-refractivity contribution in [3.05, 3.63) is 101 Å². The van der Waals surface area contributed by atoms with Crippen molar-refractivity contribution in [2.75, 3.05) is 5.32 Å². The van der Waals surface area contributed by atoms with Crippen LogP contribution in [-0.2, 0) is 6.54 Å². The number of nitrogens with one attached hydrogen (secondary N) is 1. The number of fused-ring (bicyclic) bond motifs is 1. The van der Waals surface area contributed by atoms with Gasteiger partial charge >= 0.3 is 0 Å². The van der Waals surface area contributed by atoms with Crippen molar-refractivity contribution >= 4 is 23.6 Å². The van der Waals surface area contributed by atoms with Gasteiger partial charge in [0.05, 0.1) is 0 Å². The monoisotopic (exact) mass is 339 g/mol. The summed E-state index contributed by atoms with van der Waals surface area (Å²) in [5.74, 6) is 1.01. The normalized spacial score (nSPS) is 11.3. The number of nitrogens with zero attached hydrogens (tertiary/aromatic N) is 2. The Morgan fingerprint density at radius 3 is 2.42 bits per heavy atom. The van der Waals surface area contributed by atoms with Gasteiger partial charge in [-0.25, -0.2) is 4.98 Å². The third-order valence-electron chi connectivity index (χ3n) is 4.34. The Hall–Kier alpha value is -3.33. The minimum Gasteiger partial charge on any atom is -0.365 e. The molecule has 0 atom stereocenters. The average Bonchev–Trinajstić information content (AvgIpc) is 3.03. The Morgan fingerprint density at radius 1 is 0.923 bits per heavy atom. The molecule has 2 aromatic heterocycles. The van der Waals surface area contributed by atoms with Gasteiger partial charge in [-0.05, 0) is 41.8 Å². The Kier molecular flexibility index (Phi) is 4.52. The van der Waals surface area contributed by atoms with Crippen LogP contribution in [0.25, 0.3) is 17.8 Å². The van der Waals surface area contributed by atoms with Gasteiger partial charge in [0.25, 0.3) is 0 Å². The predicted octanol–water partition coefficient (Wildman–Crippen LogP) is 5.43. The van der Waals surface area contributed by atoms with Crippen LogP contribution in [0.1, 0.15) is 22.4 Å². The van der Waals surface area contributed by atoms with Crippen LogP contribution < -0.4 is 5.32 Å². The van der Waals surface area contributed by atoms with Gasteiger partial charge in [0.15, 0.2) is 0 Å². The first kappa shape index (κ1) is 16.2. The van der Waals surface area contributed by atoms with Crippen LogP contribution >= 0.6 is 0 Å². The van der Waals surface area contributed by atoms with Crippen molar-refractivity contribution in [1.29, 1.82) is 0 Å². The van der Waals surface area contributed by atoms with E-state index in [1.807, 2.05) is 24.3 Å². The Bertz CT molecular complexity index is 1030. The lowest BCUT2D eigenvalue weighted by Crippen LogP contribution is -2.03. The quantitative estimate of drug-likeness (QED) is 0.526. The lowest BCUT2D eigenvalue weighted by molar-refractivity contribution is 1.08. The molecular weight excluding hydrogens is 318 g/mol. The number of pyridine rings is 1. The maximum absolute atomic E-state index is 4.81. The average molecular weight is 339 g/mol. The van der Waals surface area contributed by atoms with Crippen molar-refractivity contribution < 1.29 is 0 Å². The number of hydrogen-bond acceptors (Lipinski definition) is 2. The first-order valence-corrected chi connectivity index (χ1v) is 8.79. The largest absolute Gasteiger partial charge is 0.365 e. The maximum atomic E-state index is 4.81. The molecule has 1 N–H and O–H groups in total. The highest BCUT2D eigenvalue weighted by atomic mass is 15.1. The van der Waals surface area contributed by atoms with Gasteiger partial charge in [-0.3, -0.25) is 4.40 Å². The van der Waals surface area contributed by atoms with Gasteiger partial charge in [0, 0.05) is 12.7 Å². The molecule has 0 bridgehead atoms. The van der Waals surface area contributed by atoms with E-state index in [0.29, 0.717) is 0 Å². The summed E-state index contributed by atoms with van der Waals surface area (Å²) in [6.07, 6.45) is 6.25. The van der Waals surface area contributed by atoms with E-state index in [-0.39, 0.29) is 0 Å². The SMILES string of the molecule is Cc1ccn2c(NCc3ccccc3)c(C=Cc3ccccc3)nc2c1. The van der Waals surface area contributed by atoms with Crippen LogP contribution in [0.3, 0.4) is 0 Å². The molecule has 0 saturated heterocycles. The van der Waals surface area contributed by atoms with Gasteiger partial charge in [-0.15, -0.1) is 0 Å². The molecule has 0 aliphatic heterocycles. The van der Waals surface area contributed by atoms with Crippen LogP contribution in [0.2, 0.25) is 0 Å². The summed E-state index contributed by atoms with van der Waals surface area (Å²) in [4.78, 5) is 4.81. The highest BCUT2D eigenvalue weighted by Crippen LogP contribution is 2.22. The highest BCUT2D eigenvalue weighted by Gasteiger charge is 2.10. The summed E-state index contributed by atoms with van der Waals surface area (Å²) in [5, 5.41) is 3.56. The maximum Gasteiger partial charge on any atom is 0.139 e. The summed E-state index contributed by atoms with van der Waals surface area (Å²) < 4.78 is 2.11. The fourth-order valence-electron chi connectivity index (χ4n) is 2.98. The number of aryl methyl sites for hydroxylation is 1. The third kappa shape index (κ3) is 3.52. The molecule has 26 heavy (non-hydrogen) atoms. The molecule has 0 fully saturated rings. The number of anilines is 1. The van der Waals surface area contributed by atoms with Crippen molar-refractivity contribution in [1.82, 2.24) is 9.38 Å². The van der Waals surface area contributed by atoms with Crippen molar-refractivity contribution in [2.45, 2.75) is 13.5 Å². The summed E-state index contributed by atoms with van der Waals surface area (Å²) in [7, 11) is 0. The van der Waals surface area contributed by atoms with Crippen LogP contribution in [0.15, 0.2) is 79.0 Å². The van der Waals surface area contributed by atoms with E-state index in [0.717, 1.165) is 29.3 Å². The molecule has 128 valence electrons.